The third-order valence-electron chi connectivity index (χ3n) is 4.56. The van der Waals surface area contributed by atoms with Crippen LogP contribution in [0.4, 0.5) is 0 Å². The van der Waals surface area contributed by atoms with E-state index in [9.17, 15) is 4.79 Å². The number of nitrogens with zero attached hydrogens (tertiary/aromatic N) is 1. The van der Waals surface area contributed by atoms with Crippen LogP contribution >= 0.6 is 0 Å². The Morgan fingerprint density at radius 3 is 2.27 bits per heavy atom. The molecule has 0 saturated carbocycles. The lowest BCUT2D eigenvalue weighted by molar-refractivity contribution is 0.0963. The molecular formula is C24H34N4O2. The molecule has 30 heavy (non-hydrogen) atoms. The number of amides is 1. The summed E-state index contributed by atoms with van der Waals surface area (Å²) < 4.78 is 5.72. The number of hydrogen-bond donors (Lipinski definition) is 3. The van der Waals surface area contributed by atoms with Gasteiger partial charge in [0.2, 0.25) is 0 Å². The quantitative estimate of drug-likeness (QED) is 0.416. The Bertz CT molecular complexity index is 816. The van der Waals surface area contributed by atoms with Gasteiger partial charge in [0.1, 0.15) is 5.75 Å². The molecular weight excluding hydrogens is 376 g/mol. The standard InChI is InChI=1S/C24H34N4O2/c1-18(2)17-30-22-10-8-19(9-11-22)12-14-27-24(26-4)28-15-13-20-6-5-7-21(16-20)23(29)25-3/h5-11,16,18H,12-15,17H2,1-4H3,(H,25,29)(H2,26,27,28). The molecule has 6 nitrogen and oxygen atoms in total. The van der Waals surface area contributed by atoms with Gasteiger partial charge in [-0.25, -0.2) is 0 Å². The molecule has 2 rings (SSSR count). The minimum atomic E-state index is -0.0678. The van der Waals surface area contributed by atoms with Crippen molar-refractivity contribution in [3.63, 3.8) is 0 Å². The summed E-state index contributed by atoms with van der Waals surface area (Å²) in [7, 11) is 3.41. The van der Waals surface area contributed by atoms with Crippen LogP contribution < -0.4 is 20.7 Å². The summed E-state index contributed by atoms with van der Waals surface area (Å²) in [5, 5.41) is 9.31. The molecule has 3 N–H and O–H groups in total. The second-order valence-corrected chi connectivity index (χ2v) is 7.55. The Balaban J connectivity index is 1.72. The first-order chi connectivity index (χ1) is 14.5. The third-order valence-corrected chi connectivity index (χ3v) is 4.56. The number of rotatable bonds is 10. The molecule has 0 fully saturated rings. The molecule has 162 valence electrons. The van der Waals surface area contributed by atoms with E-state index in [4.69, 9.17) is 4.74 Å². The topological polar surface area (TPSA) is 74.8 Å². The van der Waals surface area contributed by atoms with Crippen molar-refractivity contribution >= 4 is 11.9 Å². The van der Waals surface area contributed by atoms with Gasteiger partial charge >= 0.3 is 0 Å². The lowest BCUT2D eigenvalue weighted by atomic mass is 10.1. The monoisotopic (exact) mass is 410 g/mol. The maximum Gasteiger partial charge on any atom is 0.251 e. The summed E-state index contributed by atoms with van der Waals surface area (Å²) in [5.74, 6) is 2.14. The molecule has 0 unspecified atom stereocenters. The van der Waals surface area contributed by atoms with Crippen LogP contribution in [0, 0.1) is 5.92 Å². The Kier molecular flexibility index (Phi) is 9.71. The molecule has 1 amide bonds. The average molecular weight is 411 g/mol. The maximum atomic E-state index is 11.7. The van der Waals surface area contributed by atoms with E-state index in [1.807, 2.05) is 36.4 Å². The molecule has 0 saturated heterocycles. The predicted molar refractivity (Wildman–Crippen MR) is 123 cm³/mol. The van der Waals surface area contributed by atoms with Gasteiger partial charge in [0.15, 0.2) is 5.96 Å². The van der Waals surface area contributed by atoms with Crippen LogP contribution in [0.1, 0.15) is 35.3 Å². The number of guanidine groups is 1. The van der Waals surface area contributed by atoms with Gasteiger partial charge in [-0.2, -0.15) is 0 Å². The molecule has 0 radical (unpaired) electrons. The fourth-order valence-electron chi connectivity index (χ4n) is 2.90. The first-order valence-electron chi connectivity index (χ1n) is 10.5. The number of benzene rings is 2. The average Bonchev–Trinajstić information content (AvgIpc) is 2.77. The van der Waals surface area contributed by atoms with Crippen LogP contribution in [-0.2, 0) is 12.8 Å². The number of ether oxygens (including phenoxy) is 1. The van der Waals surface area contributed by atoms with E-state index in [0.717, 1.165) is 49.8 Å². The number of nitrogens with one attached hydrogen (secondary N) is 3. The SMILES string of the molecule is CN=C(NCCc1ccc(OCC(C)C)cc1)NCCc1cccc(C(=O)NC)c1. The summed E-state index contributed by atoms with van der Waals surface area (Å²) in [5.41, 5.74) is 3.04. The van der Waals surface area contributed by atoms with Crippen LogP contribution in [-0.4, -0.2) is 45.7 Å². The molecule has 0 aromatic heterocycles. The van der Waals surface area contributed by atoms with Gasteiger partial charge in [-0.15, -0.1) is 0 Å². The van der Waals surface area contributed by atoms with Crippen LogP contribution in [0.3, 0.4) is 0 Å². The highest BCUT2D eigenvalue weighted by molar-refractivity contribution is 5.94. The molecule has 6 heteroatoms. The van der Waals surface area contributed by atoms with E-state index in [-0.39, 0.29) is 5.91 Å². The van der Waals surface area contributed by atoms with Crippen molar-refractivity contribution < 1.29 is 9.53 Å². The molecule has 0 aliphatic heterocycles. The number of hydrogen-bond acceptors (Lipinski definition) is 3. The lowest BCUT2D eigenvalue weighted by Gasteiger charge is -2.13. The van der Waals surface area contributed by atoms with E-state index in [1.54, 1.807) is 14.1 Å². The fourth-order valence-corrected chi connectivity index (χ4v) is 2.90. The molecule has 2 aromatic carbocycles. The highest BCUT2D eigenvalue weighted by atomic mass is 16.5. The van der Waals surface area contributed by atoms with Gasteiger partial charge in [-0.3, -0.25) is 9.79 Å². The number of carbonyl (C=O) groups is 1. The van der Waals surface area contributed by atoms with Crippen molar-refractivity contribution in [2.75, 3.05) is 33.8 Å². The molecule has 2 aromatic rings. The van der Waals surface area contributed by atoms with Crippen molar-refractivity contribution in [1.82, 2.24) is 16.0 Å². The molecule has 0 aliphatic carbocycles. The summed E-state index contributed by atoms with van der Waals surface area (Å²) in [6, 6.07) is 15.9. The van der Waals surface area contributed by atoms with E-state index in [2.05, 4.69) is 46.9 Å². The minimum absolute atomic E-state index is 0.0678. The molecule has 0 spiro atoms. The molecule has 0 aliphatic rings. The fraction of sp³-hybridized carbons (Fsp3) is 0.417. The second kappa shape index (κ2) is 12.5. The van der Waals surface area contributed by atoms with Crippen molar-refractivity contribution in [3.05, 3.63) is 65.2 Å². The van der Waals surface area contributed by atoms with E-state index in [0.29, 0.717) is 11.5 Å². The normalized spacial score (nSPS) is 11.3. The van der Waals surface area contributed by atoms with Crippen LogP contribution in [0.2, 0.25) is 0 Å². The van der Waals surface area contributed by atoms with E-state index >= 15 is 0 Å². The third kappa shape index (κ3) is 8.15. The van der Waals surface area contributed by atoms with Crippen molar-refractivity contribution in [2.24, 2.45) is 10.9 Å². The van der Waals surface area contributed by atoms with Crippen molar-refractivity contribution in [3.8, 4) is 5.75 Å². The molecule has 0 bridgehead atoms. The minimum Gasteiger partial charge on any atom is -0.493 e. The largest absolute Gasteiger partial charge is 0.493 e. The van der Waals surface area contributed by atoms with Gasteiger partial charge in [0.05, 0.1) is 6.61 Å². The van der Waals surface area contributed by atoms with Crippen LogP contribution in [0.25, 0.3) is 0 Å². The highest BCUT2D eigenvalue weighted by Crippen LogP contribution is 2.13. The number of carbonyl (C=O) groups excluding carboxylic acids is 1. The maximum absolute atomic E-state index is 11.7. The second-order valence-electron chi connectivity index (χ2n) is 7.55. The van der Waals surface area contributed by atoms with Crippen LogP contribution in [0.5, 0.6) is 5.75 Å². The van der Waals surface area contributed by atoms with E-state index in [1.165, 1.54) is 5.56 Å². The van der Waals surface area contributed by atoms with Crippen molar-refractivity contribution in [2.45, 2.75) is 26.7 Å². The Labute approximate surface area is 180 Å². The smallest absolute Gasteiger partial charge is 0.251 e. The van der Waals surface area contributed by atoms with Gasteiger partial charge in [0.25, 0.3) is 5.91 Å². The Morgan fingerprint density at radius 2 is 1.67 bits per heavy atom. The zero-order valence-corrected chi connectivity index (χ0v) is 18.5. The summed E-state index contributed by atoms with van der Waals surface area (Å²) in [6.07, 6.45) is 1.71. The zero-order chi connectivity index (χ0) is 21.8. The Hall–Kier alpha value is -3.02. The van der Waals surface area contributed by atoms with Gasteiger partial charge in [0, 0.05) is 32.7 Å². The molecule has 0 heterocycles. The Morgan fingerprint density at radius 1 is 1.00 bits per heavy atom. The van der Waals surface area contributed by atoms with E-state index < -0.39 is 0 Å². The highest BCUT2D eigenvalue weighted by Gasteiger charge is 2.04. The van der Waals surface area contributed by atoms with Gasteiger partial charge in [-0.05, 0) is 54.2 Å². The summed E-state index contributed by atoms with van der Waals surface area (Å²) >= 11 is 0. The zero-order valence-electron chi connectivity index (χ0n) is 18.5. The van der Waals surface area contributed by atoms with Gasteiger partial charge in [-0.1, -0.05) is 38.1 Å². The summed E-state index contributed by atoms with van der Waals surface area (Å²) in [6.45, 7) is 6.54. The summed E-state index contributed by atoms with van der Waals surface area (Å²) in [4.78, 5) is 16.0. The molecule has 0 atom stereocenters. The predicted octanol–water partition coefficient (Wildman–Crippen LogP) is 3.03. The van der Waals surface area contributed by atoms with Crippen molar-refractivity contribution in [1.29, 1.82) is 0 Å². The first-order valence-corrected chi connectivity index (χ1v) is 10.5. The first kappa shape index (κ1) is 23.3. The lowest BCUT2D eigenvalue weighted by Crippen LogP contribution is -2.39. The number of aliphatic imine (C=N–C) groups is 1. The van der Waals surface area contributed by atoms with Gasteiger partial charge < -0.3 is 20.7 Å². The van der Waals surface area contributed by atoms with Crippen LogP contribution in [0.15, 0.2) is 53.5 Å².